The topological polar surface area (TPSA) is 81.7 Å². The van der Waals surface area contributed by atoms with Crippen LogP contribution in [-0.2, 0) is 13.1 Å². The molecule has 3 rings (SSSR count). The van der Waals surface area contributed by atoms with E-state index >= 15 is 0 Å². The van der Waals surface area contributed by atoms with Gasteiger partial charge in [0.2, 0.25) is 11.8 Å². The molecule has 0 atom stereocenters. The monoisotopic (exact) mass is 284 g/mol. The Morgan fingerprint density at radius 3 is 2.95 bits per heavy atom. The van der Waals surface area contributed by atoms with Crippen molar-refractivity contribution >= 4 is 0 Å². The van der Waals surface area contributed by atoms with E-state index in [1.807, 2.05) is 44.4 Å². The molecule has 0 saturated carbocycles. The van der Waals surface area contributed by atoms with Crippen molar-refractivity contribution in [3.63, 3.8) is 0 Å². The summed E-state index contributed by atoms with van der Waals surface area (Å²) in [5, 5.41) is 19.2. The Morgan fingerprint density at radius 2 is 2.14 bits per heavy atom. The Labute approximate surface area is 122 Å². The van der Waals surface area contributed by atoms with Gasteiger partial charge in [-0.2, -0.15) is 0 Å². The number of aromatic nitrogens is 5. The molecule has 2 aromatic heterocycles. The van der Waals surface area contributed by atoms with Crippen molar-refractivity contribution in [3.05, 3.63) is 47.6 Å². The average Bonchev–Trinajstić information content (AvgIpc) is 3.10. The average molecular weight is 284 g/mol. The van der Waals surface area contributed by atoms with Gasteiger partial charge in [-0.1, -0.05) is 22.9 Å². The van der Waals surface area contributed by atoms with Gasteiger partial charge in [-0.15, -0.1) is 15.3 Å². The van der Waals surface area contributed by atoms with Crippen molar-refractivity contribution in [1.82, 2.24) is 30.5 Å². The maximum Gasteiger partial charge on any atom is 0.247 e. The lowest BCUT2D eigenvalue weighted by atomic mass is 10.1. The van der Waals surface area contributed by atoms with E-state index in [0.717, 1.165) is 16.8 Å². The molecule has 7 heteroatoms. The van der Waals surface area contributed by atoms with Gasteiger partial charge in [-0.25, -0.2) is 4.68 Å². The molecule has 0 aliphatic heterocycles. The van der Waals surface area contributed by atoms with Crippen molar-refractivity contribution in [2.75, 3.05) is 7.05 Å². The van der Waals surface area contributed by atoms with Crippen LogP contribution in [-0.4, -0.2) is 32.2 Å². The molecular weight excluding hydrogens is 268 g/mol. The van der Waals surface area contributed by atoms with Crippen LogP contribution in [0.5, 0.6) is 0 Å². The molecule has 0 fully saturated rings. The molecule has 0 aliphatic carbocycles. The van der Waals surface area contributed by atoms with Crippen molar-refractivity contribution in [2.24, 2.45) is 0 Å². The molecule has 3 aromatic rings. The number of nitrogens with one attached hydrogen (secondary N) is 1. The normalized spacial score (nSPS) is 11.0. The second-order valence-electron chi connectivity index (χ2n) is 4.81. The SMILES string of the molecule is CNCc1cn(Cc2nnc(-c3cccc(C)c3)o2)nn1. The third kappa shape index (κ3) is 3.14. The second kappa shape index (κ2) is 5.84. The first-order chi connectivity index (χ1) is 10.2. The van der Waals surface area contributed by atoms with Crippen LogP contribution in [0.15, 0.2) is 34.9 Å². The van der Waals surface area contributed by atoms with E-state index in [0.29, 0.717) is 24.9 Å². The van der Waals surface area contributed by atoms with Crippen molar-refractivity contribution < 1.29 is 4.42 Å². The standard InChI is InChI=1S/C14H16N6O/c1-10-4-3-5-11(6-10)14-18-17-13(21-14)9-20-8-12(7-15-2)16-19-20/h3-6,8,15H,7,9H2,1-2H3. The summed E-state index contributed by atoms with van der Waals surface area (Å²) in [6.45, 7) is 3.12. The first kappa shape index (κ1) is 13.4. The van der Waals surface area contributed by atoms with Crippen molar-refractivity contribution in [1.29, 1.82) is 0 Å². The van der Waals surface area contributed by atoms with Gasteiger partial charge in [0.15, 0.2) is 0 Å². The summed E-state index contributed by atoms with van der Waals surface area (Å²) in [5.41, 5.74) is 2.94. The van der Waals surface area contributed by atoms with Crippen LogP contribution >= 0.6 is 0 Å². The molecular formula is C14H16N6O. The van der Waals surface area contributed by atoms with Crippen LogP contribution in [0.4, 0.5) is 0 Å². The summed E-state index contributed by atoms with van der Waals surface area (Å²) in [6, 6.07) is 7.96. The lowest BCUT2D eigenvalue weighted by Crippen LogP contribution is -2.05. The predicted molar refractivity (Wildman–Crippen MR) is 76.4 cm³/mol. The Balaban J connectivity index is 1.75. The molecule has 108 valence electrons. The molecule has 0 aliphatic rings. The zero-order chi connectivity index (χ0) is 14.7. The van der Waals surface area contributed by atoms with Crippen molar-refractivity contribution in [2.45, 2.75) is 20.0 Å². The number of rotatable bonds is 5. The van der Waals surface area contributed by atoms with Gasteiger partial charge in [-0.3, -0.25) is 0 Å². The molecule has 0 spiro atoms. The third-order valence-corrected chi connectivity index (χ3v) is 2.97. The first-order valence-electron chi connectivity index (χ1n) is 6.67. The van der Waals surface area contributed by atoms with Crippen molar-refractivity contribution in [3.8, 4) is 11.5 Å². The maximum atomic E-state index is 5.67. The summed E-state index contributed by atoms with van der Waals surface area (Å²) in [6.07, 6.45) is 1.85. The van der Waals surface area contributed by atoms with E-state index < -0.39 is 0 Å². The summed E-state index contributed by atoms with van der Waals surface area (Å²) in [7, 11) is 1.87. The number of benzene rings is 1. The fraction of sp³-hybridized carbons (Fsp3) is 0.286. The quantitative estimate of drug-likeness (QED) is 0.762. The molecule has 7 nitrogen and oxygen atoms in total. The molecule has 0 amide bonds. The summed E-state index contributed by atoms with van der Waals surface area (Å²) < 4.78 is 7.35. The Morgan fingerprint density at radius 1 is 1.24 bits per heavy atom. The Bertz CT molecular complexity index is 732. The van der Waals surface area contributed by atoms with Crippen LogP contribution in [0.1, 0.15) is 17.1 Å². The zero-order valence-electron chi connectivity index (χ0n) is 11.9. The molecule has 2 heterocycles. The molecule has 0 bridgehead atoms. The maximum absolute atomic E-state index is 5.67. The predicted octanol–water partition coefficient (Wildman–Crippen LogP) is 1.40. The van der Waals surface area contributed by atoms with Gasteiger partial charge in [-0.05, 0) is 26.1 Å². The minimum absolute atomic E-state index is 0.412. The van der Waals surface area contributed by atoms with Crippen LogP contribution in [0.25, 0.3) is 11.5 Å². The number of nitrogens with zero attached hydrogens (tertiary/aromatic N) is 5. The fourth-order valence-electron chi connectivity index (χ4n) is 2.03. The smallest absolute Gasteiger partial charge is 0.247 e. The van der Waals surface area contributed by atoms with Gasteiger partial charge in [0.05, 0.1) is 11.9 Å². The lowest BCUT2D eigenvalue weighted by molar-refractivity contribution is 0.469. The number of aryl methyl sites for hydroxylation is 1. The van der Waals surface area contributed by atoms with Crippen LogP contribution in [0.2, 0.25) is 0 Å². The van der Waals surface area contributed by atoms with Gasteiger partial charge < -0.3 is 9.73 Å². The van der Waals surface area contributed by atoms with Crippen LogP contribution < -0.4 is 5.32 Å². The number of hydrogen-bond donors (Lipinski definition) is 1. The van der Waals surface area contributed by atoms with Crippen LogP contribution in [0.3, 0.4) is 0 Å². The number of hydrogen-bond acceptors (Lipinski definition) is 6. The van der Waals surface area contributed by atoms with Gasteiger partial charge >= 0.3 is 0 Å². The van der Waals surface area contributed by atoms with E-state index in [9.17, 15) is 0 Å². The molecule has 1 aromatic carbocycles. The Hall–Kier alpha value is -2.54. The highest BCUT2D eigenvalue weighted by atomic mass is 16.4. The highest BCUT2D eigenvalue weighted by molar-refractivity contribution is 5.53. The van der Waals surface area contributed by atoms with E-state index in [1.54, 1.807) is 4.68 Å². The van der Waals surface area contributed by atoms with Crippen LogP contribution in [0, 0.1) is 6.92 Å². The van der Waals surface area contributed by atoms with Gasteiger partial charge in [0.25, 0.3) is 0 Å². The first-order valence-corrected chi connectivity index (χ1v) is 6.67. The van der Waals surface area contributed by atoms with Gasteiger partial charge in [0.1, 0.15) is 6.54 Å². The zero-order valence-corrected chi connectivity index (χ0v) is 11.9. The van der Waals surface area contributed by atoms with E-state index in [-0.39, 0.29) is 0 Å². The highest BCUT2D eigenvalue weighted by Crippen LogP contribution is 2.19. The lowest BCUT2D eigenvalue weighted by Gasteiger charge is -1.96. The van der Waals surface area contributed by atoms with E-state index in [1.165, 1.54) is 0 Å². The van der Waals surface area contributed by atoms with E-state index in [2.05, 4.69) is 25.8 Å². The fourth-order valence-corrected chi connectivity index (χ4v) is 2.03. The molecule has 1 N–H and O–H groups in total. The third-order valence-electron chi connectivity index (χ3n) is 2.97. The minimum atomic E-state index is 0.412. The molecule has 0 saturated heterocycles. The summed E-state index contributed by atoms with van der Waals surface area (Å²) in [4.78, 5) is 0. The Kier molecular flexibility index (Phi) is 3.74. The molecule has 0 radical (unpaired) electrons. The van der Waals surface area contributed by atoms with E-state index in [4.69, 9.17) is 4.42 Å². The van der Waals surface area contributed by atoms with Gasteiger partial charge in [0, 0.05) is 12.1 Å². The summed E-state index contributed by atoms with van der Waals surface area (Å²) in [5.74, 6) is 1.02. The second-order valence-corrected chi connectivity index (χ2v) is 4.81. The molecule has 0 unspecified atom stereocenters. The minimum Gasteiger partial charge on any atom is -0.419 e. The summed E-state index contributed by atoms with van der Waals surface area (Å²) >= 11 is 0. The largest absolute Gasteiger partial charge is 0.419 e. The highest BCUT2D eigenvalue weighted by Gasteiger charge is 2.10. The molecule has 21 heavy (non-hydrogen) atoms.